The molecule has 0 radical (unpaired) electrons. The molecule has 100 valence electrons. The van der Waals surface area contributed by atoms with Gasteiger partial charge in [0.25, 0.3) is 0 Å². The Bertz CT molecular complexity index is 570. The molecule has 0 heterocycles. The number of hydrogen-bond donors (Lipinski definition) is 2. The third-order valence-corrected chi connectivity index (χ3v) is 3.77. The predicted molar refractivity (Wildman–Crippen MR) is 68.0 cm³/mol. The van der Waals surface area contributed by atoms with E-state index in [2.05, 4.69) is 4.72 Å². The number of carboxylic acid groups (broad SMARTS) is 1. The van der Waals surface area contributed by atoms with Crippen LogP contribution >= 0.6 is 11.6 Å². The second-order valence-corrected chi connectivity index (χ2v) is 5.76. The van der Waals surface area contributed by atoms with Crippen molar-refractivity contribution < 1.29 is 23.1 Å². The Labute approximate surface area is 110 Å². The second kappa shape index (κ2) is 5.45. The smallest absolute Gasteiger partial charge is 0.337 e. The Morgan fingerprint density at radius 1 is 1.50 bits per heavy atom. The van der Waals surface area contributed by atoms with Crippen molar-refractivity contribution in [3.05, 3.63) is 22.7 Å². The number of carbonyl (C=O) groups is 1. The molecule has 6 nitrogen and oxygen atoms in total. The van der Waals surface area contributed by atoms with Crippen LogP contribution in [0.2, 0.25) is 5.02 Å². The third kappa shape index (κ3) is 3.27. The average Bonchev–Trinajstić information content (AvgIpc) is 2.28. The zero-order chi connectivity index (χ0) is 13.9. The lowest BCUT2D eigenvalue weighted by molar-refractivity contribution is 0.0696. The van der Waals surface area contributed by atoms with Crippen molar-refractivity contribution in [1.82, 2.24) is 0 Å². The Morgan fingerprint density at radius 3 is 2.56 bits per heavy atom. The lowest BCUT2D eigenvalue weighted by Gasteiger charge is -2.12. The fraction of sp³-hybridized carbons (Fsp3) is 0.300. The van der Waals surface area contributed by atoms with E-state index in [1.54, 1.807) is 0 Å². The summed E-state index contributed by atoms with van der Waals surface area (Å²) in [6.45, 7) is 1.47. The lowest BCUT2D eigenvalue weighted by Crippen LogP contribution is -2.15. The largest absolute Gasteiger partial charge is 0.495 e. The number of halogens is 1. The number of ether oxygens (including phenoxy) is 1. The number of benzene rings is 1. The Balaban J connectivity index is 3.29. The van der Waals surface area contributed by atoms with Crippen LogP contribution in [0, 0.1) is 0 Å². The highest BCUT2D eigenvalue weighted by Crippen LogP contribution is 2.32. The molecule has 0 unspecified atom stereocenters. The molecule has 0 aliphatic carbocycles. The van der Waals surface area contributed by atoms with Gasteiger partial charge in [0, 0.05) is 0 Å². The van der Waals surface area contributed by atoms with Crippen molar-refractivity contribution in [2.24, 2.45) is 0 Å². The van der Waals surface area contributed by atoms with Crippen LogP contribution in [-0.2, 0) is 10.0 Å². The Hall–Kier alpha value is -1.47. The standard InChI is InChI=1S/C10H12ClNO5S/c1-3-18(15,16)12-8-5-7(11)6(10(13)14)4-9(8)17-2/h4-5,12H,3H2,1-2H3,(H,13,14). The lowest BCUT2D eigenvalue weighted by atomic mass is 10.2. The van der Waals surface area contributed by atoms with E-state index in [4.69, 9.17) is 21.4 Å². The first-order valence-corrected chi connectivity index (χ1v) is 6.95. The summed E-state index contributed by atoms with van der Waals surface area (Å²) in [6.07, 6.45) is 0. The molecule has 1 aromatic rings. The molecule has 0 aliphatic heterocycles. The minimum Gasteiger partial charge on any atom is -0.495 e. The monoisotopic (exact) mass is 293 g/mol. The Morgan fingerprint density at radius 2 is 2.11 bits per heavy atom. The highest BCUT2D eigenvalue weighted by molar-refractivity contribution is 7.92. The van der Waals surface area contributed by atoms with E-state index in [0.717, 1.165) is 6.07 Å². The van der Waals surface area contributed by atoms with Gasteiger partial charge < -0.3 is 9.84 Å². The fourth-order valence-corrected chi connectivity index (χ4v) is 2.09. The molecule has 0 bridgehead atoms. The second-order valence-electron chi connectivity index (χ2n) is 3.34. The summed E-state index contributed by atoms with van der Waals surface area (Å²) >= 11 is 5.75. The van der Waals surface area contributed by atoms with Crippen molar-refractivity contribution in [2.45, 2.75) is 6.92 Å². The summed E-state index contributed by atoms with van der Waals surface area (Å²) in [4.78, 5) is 10.9. The molecular formula is C10H12ClNO5S. The first kappa shape index (κ1) is 14.6. The summed E-state index contributed by atoms with van der Waals surface area (Å²) in [6, 6.07) is 2.37. The minimum absolute atomic E-state index is 0.0721. The fourth-order valence-electron chi connectivity index (χ4n) is 1.21. The van der Waals surface area contributed by atoms with Gasteiger partial charge in [-0.1, -0.05) is 11.6 Å². The molecule has 0 spiro atoms. The van der Waals surface area contributed by atoms with Gasteiger partial charge in [0.05, 0.1) is 29.1 Å². The number of carboxylic acids is 1. The summed E-state index contributed by atoms with van der Waals surface area (Å²) in [5.41, 5.74) is -0.0534. The van der Waals surface area contributed by atoms with Gasteiger partial charge >= 0.3 is 5.97 Å². The van der Waals surface area contributed by atoms with E-state index >= 15 is 0 Å². The van der Waals surface area contributed by atoms with Gasteiger partial charge in [-0.15, -0.1) is 0 Å². The quantitative estimate of drug-likeness (QED) is 0.863. The van der Waals surface area contributed by atoms with Crippen molar-refractivity contribution in [2.75, 3.05) is 17.6 Å². The van der Waals surface area contributed by atoms with E-state index in [1.807, 2.05) is 0 Å². The maximum atomic E-state index is 11.4. The van der Waals surface area contributed by atoms with Crippen LogP contribution in [0.15, 0.2) is 12.1 Å². The van der Waals surface area contributed by atoms with Gasteiger partial charge in [-0.2, -0.15) is 0 Å². The van der Waals surface area contributed by atoms with Gasteiger partial charge in [0.1, 0.15) is 5.75 Å². The van der Waals surface area contributed by atoms with Gasteiger partial charge in [-0.3, -0.25) is 4.72 Å². The maximum Gasteiger partial charge on any atom is 0.337 e. The van der Waals surface area contributed by atoms with E-state index in [9.17, 15) is 13.2 Å². The third-order valence-electron chi connectivity index (χ3n) is 2.17. The van der Waals surface area contributed by atoms with Crippen molar-refractivity contribution >= 4 is 33.3 Å². The molecule has 1 aromatic carbocycles. The van der Waals surface area contributed by atoms with Crippen molar-refractivity contribution in [3.8, 4) is 5.75 Å². The summed E-state index contributed by atoms with van der Waals surface area (Å²) in [7, 11) is -2.19. The van der Waals surface area contributed by atoms with Crippen LogP contribution in [0.1, 0.15) is 17.3 Å². The van der Waals surface area contributed by atoms with Gasteiger partial charge in [0.15, 0.2) is 0 Å². The highest BCUT2D eigenvalue weighted by Gasteiger charge is 2.17. The summed E-state index contributed by atoms with van der Waals surface area (Å²) < 4.78 is 30.1. The number of anilines is 1. The average molecular weight is 294 g/mol. The number of sulfonamides is 1. The normalized spacial score (nSPS) is 11.1. The summed E-state index contributed by atoms with van der Waals surface area (Å²) in [5.74, 6) is -1.24. The Kier molecular flexibility index (Phi) is 4.42. The van der Waals surface area contributed by atoms with E-state index < -0.39 is 16.0 Å². The van der Waals surface area contributed by atoms with Gasteiger partial charge in [-0.25, -0.2) is 13.2 Å². The van der Waals surface area contributed by atoms with Crippen molar-refractivity contribution in [3.63, 3.8) is 0 Å². The van der Waals surface area contributed by atoms with E-state index in [-0.39, 0.29) is 27.8 Å². The molecule has 8 heteroatoms. The van der Waals surface area contributed by atoms with Gasteiger partial charge in [-0.05, 0) is 19.1 Å². The van der Waals surface area contributed by atoms with Crippen LogP contribution in [-0.4, -0.2) is 32.4 Å². The molecule has 2 N–H and O–H groups in total. The van der Waals surface area contributed by atoms with Crippen molar-refractivity contribution in [1.29, 1.82) is 0 Å². The van der Waals surface area contributed by atoms with Gasteiger partial charge in [0.2, 0.25) is 10.0 Å². The zero-order valence-electron chi connectivity index (χ0n) is 9.73. The molecule has 1 rings (SSSR count). The van der Waals surface area contributed by atoms with E-state index in [0.29, 0.717) is 0 Å². The zero-order valence-corrected chi connectivity index (χ0v) is 11.3. The minimum atomic E-state index is -3.49. The molecule has 0 fully saturated rings. The number of methoxy groups -OCH3 is 1. The topological polar surface area (TPSA) is 92.7 Å². The van der Waals surface area contributed by atoms with Crippen LogP contribution in [0.4, 0.5) is 5.69 Å². The number of aromatic carboxylic acids is 1. The number of nitrogens with one attached hydrogen (secondary N) is 1. The SMILES string of the molecule is CCS(=O)(=O)Nc1cc(Cl)c(C(=O)O)cc1OC. The molecule has 0 saturated heterocycles. The molecule has 18 heavy (non-hydrogen) atoms. The van der Waals surface area contributed by atoms with Crippen LogP contribution < -0.4 is 9.46 Å². The molecule has 0 amide bonds. The molecular weight excluding hydrogens is 282 g/mol. The number of rotatable bonds is 5. The highest BCUT2D eigenvalue weighted by atomic mass is 35.5. The number of hydrogen-bond acceptors (Lipinski definition) is 4. The summed E-state index contributed by atoms with van der Waals surface area (Å²) in [5, 5.41) is 8.80. The molecule has 0 saturated carbocycles. The first-order chi connectivity index (χ1) is 8.30. The molecule has 0 aromatic heterocycles. The van der Waals surface area contributed by atoms with E-state index in [1.165, 1.54) is 20.1 Å². The van der Waals surface area contributed by atoms with Crippen LogP contribution in [0.25, 0.3) is 0 Å². The maximum absolute atomic E-state index is 11.4. The molecule has 0 aliphatic rings. The molecule has 0 atom stereocenters. The predicted octanol–water partition coefficient (Wildman–Crippen LogP) is 1.81. The van der Waals surface area contributed by atoms with Crippen LogP contribution in [0.3, 0.4) is 0 Å². The van der Waals surface area contributed by atoms with Crippen LogP contribution in [0.5, 0.6) is 5.75 Å². The first-order valence-electron chi connectivity index (χ1n) is 4.92.